The van der Waals surface area contributed by atoms with Gasteiger partial charge in [-0.15, -0.1) is 0 Å². The summed E-state index contributed by atoms with van der Waals surface area (Å²) in [4.78, 5) is 15.5. The Bertz CT molecular complexity index is 634. The second-order valence-electron chi connectivity index (χ2n) is 5.66. The zero-order valence-corrected chi connectivity index (χ0v) is 18.1. The van der Waals surface area contributed by atoms with Gasteiger partial charge in [-0.25, -0.2) is 0 Å². The van der Waals surface area contributed by atoms with Crippen LogP contribution in [0.1, 0.15) is 18.4 Å². The summed E-state index contributed by atoms with van der Waals surface area (Å²) in [5.74, 6) is 0.884. The van der Waals surface area contributed by atoms with Crippen LogP contribution in [0.15, 0.2) is 25.7 Å². The molecule has 0 spiro atoms. The van der Waals surface area contributed by atoms with Crippen molar-refractivity contribution >= 4 is 59.8 Å². The second-order valence-corrected chi connectivity index (χ2v) is 8.16. The van der Waals surface area contributed by atoms with Gasteiger partial charge in [0.1, 0.15) is 5.75 Å². The van der Waals surface area contributed by atoms with Crippen LogP contribution in [0.4, 0.5) is 0 Å². The zero-order valence-electron chi connectivity index (χ0n) is 13.3. The highest BCUT2D eigenvalue weighted by Gasteiger charge is 2.33. The standard InChI is InChI=1S/C16H19Br3N2O2/c1-20-7-4-5-13(20)16(22)21(2)8-6-10-11(17)9-12(18)15(23-3)14(10)19/h6,8-9,13H,4-5,7H2,1-3H3/p+1/b8-6+/t13-/m0/s1. The number of nitrogens with zero attached hydrogens (tertiary/aromatic N) is 1. The van der Waals surface area contributed by atoms with Crippen molar-refractivity contribution in [2.45, 2.75) is 18.9 Å². The molecule has 1 heterocycles. The van der Waals surface area contributed by atoms with Gasteiger partial charge in [0, 0.05) is 36.1 Å². The van der Waals surface area contributed by atoms with Gasteiger partial charge in [-0.1, -0.05) is 15.9 Å². The van der Waals surface area contributed by atoms with Gasteiger partial charge in [-0.2, -0.15) is 0 Å². The van der Waals surface area contributed by atoms with Crippen molar-refractivity contribution < 1.29 is 14.4 Å². The monoisotopic (exact) mass is 509 g/mol. The Hall–Kier alpha value is -0.370. The number of amides is 1. The Morgan fingerprint density at radius 2 is 2.09 bits per heavy atom. The summed E-state index contributed by atoms with van der Waals surface area (Å²) in [6.45, 7) is 1.06. The fourth-order valence-corrected chi connectivity index (χ4v) is 5.48. The molecule has 1 amide bonds. The molecular formula is C16H20Br3N2O2+. The lowest BCUT2D eigenvalue weighted by Crippen LogP contribution is -3.12. The van der Waals surface area contributed by atoms with Gasteiger partial charge in [0.05, 0.1) is 29.6 Å². The Balaban J connectivity index is 2.21. The minimum absolute atomic E-state index is 0.0657. The molecule has 0 radical (unpaired) electrons. The van der Waals surface area contributed by atoms with E-state index in [-0.39, 0.29) is 11.9 Å². The molecule has 1 fully saturated rings. The molecule has 0 saturated carbocycles. The van der Waals surface area contributed by atoms with E-state index < -0.39 is 0 Å². The normalized spacial score (nSPS) is 21.0. The van der Waals surface area contributed by atoms with E-state index in [9.17, 15) is 4.79 Å². The summed E-state index contributed by atoms with van der Waals surface area (Å²) in [7, 11) is 5.52. The van der Waals surface area contributed by atoms with E-state index in [2.05, 4.69) is 54.8 Å². The summed E-state index contributed by atoms with van der Waals surface area (Å²) in [5, 5.41) is 0. The average molecular weight is 512 g/mol. The zero-order chi connectivity index (χ0) is 17.1. The first kappa shape index (κ1) is 19.0. The van der Waals surface area contributed by atoms with Crippen LogP contribution in [-0.2, 0) is 4.79 Å². The smallest absolute Gasteiger partial charge is 0.284 e. The molecule has 1 unspecified atom stereocenters. The third-order valence-corrected chi connectivity index (χ3v) is 6.17. The molecule has 1 N–H and O–H groups in total. The van der Waals surface area contributed by atoms with Crippen LogP contribution in [0.25, 0.3) is 6.08 Å². The minimum atomic E-state index is 0.0657. The van der Waals surface area contributed by atoms with Crippen molar-refractivity contribution in [2.24, 2.45) is 0 Å². The highest BCUT2D eigenvalue weighted by atomic mass is 79.9. The molecule has 0 bridgehead atoms. The number of carbonyl (C=O) groups is 1. The molecule has 1 aromatic carbocycles. The topological polar surface area (TPSA) is 34.0 Å². The molecule has 2 rings (SSSR count). The highest BCUT2D eigenvalue weighted by molar-refractivity contribution is 9.11. The minimum Gasteiger partial charge on any atom is -0.494 e. The van der Waals surface area contributed by atoms with Crippen LogP contribution in [0.2, 0.25) is 0 Å². The quantitative estimate of drug-likeness (QED) is 0.674. The fourth-order valence-electron chi connectivity index (χ4n) is 2.77. The van der Waals surface area contributed by atoms with Crippen LogP contribution in [0.5, 0.6) is 5.75 Å². The SMILES string of the molecule is COc1c(Br)cc(Br)c(/C=C/N(C)C(=O)[C@@H]2CCC[NH+]2C)c1Br. The Morgan fingerprint density at radius 3 is 2.65 bits per heavy atom. The van der Waals surface area contributed by atoms with E-state index in [0.717, 1.165) is 44.1 Å². The molecule has 1 saturated heterocycles. The number of likely N-dealkylation sites (N-methyl/N-ethyl adjacent to an activating group) is 2. The highest BCUT2D eigenvalue weighted by Crippen LogP contribution is 2.40. The number of methoxy groups -OCH3 is 1. The first-order valence-corrected chi connectivity index (χ1v) is 9.73. The maximum atomic E-state index is 12.5. The van der Waals surface area contributed by atoms with E-state index >= 15 is 0 Å². The lowest BCUT2D eigenvalue weighted by molar-refractivity contribution is -0.882. The Kier molecular flexibility index (Phi) is 6.71. The van der Waals surface area contributed by atoms with Crippen LogP contribution in [-0.4, -0.2) is 44.6 Å². The number of rotatable bonds is 4. The van der Waals surface area contributed by atoms with Gasteiger partial charge >= 0.3 is 0 Å². The van der Waals surface area contributed by atoms with Crippen LogP contribution in [0.3, 0.4) is 0 Å². The Labute approximate surface area is 162 Å². The molecule has 1 aromatic rings. The Morgan fingerprint density at radius 1 is 1.39 bits per heavy atom. The number of benzene rings is 1. The molecule has 2 atom stereocenters. The number of hydrogen-bond donors (Lipinski definition) is 1. The molecule has 126 valence electrons. The van der Waals surface area contributed by atoms with Gasteiger partial charge < -0.3 is 14.5 Å². The van der Waals surface area contributed by atoms with Crippen molar-refractivity contribution in [3.8, 4) is 5.75 Å². The van der Waals surface area contributed by atoms with E-state index in [4.69, 9.17) is 4.74 Å². The third-order valence-electron chi connectivity index (χ3n) is 4.14. The van der Waals surface area contributed by atoms with Crippen molar-refractivity contribution in [1.29, 1.82) is 0 Å². The molecular weight excluding hydrogens is 492 g/mol. The molecule has 0 aliphatic carbocycles. The second kappa shape index (κ2) is 8.14. The predicted molar refractivity (Wildman–Crippen MR) is 103 cm³/mol. The molecule has 4 nitrogen and oxygen atoms in total. The maximum Gasteiger partial charge on any atom is 0.284 e. The van der Waals surface area contributed by atoms with E-state index in [1.807, 2.05) is 25.4 Å². The molecule has 1 aliphatic heterocycles. The van der Waals surface area contributed by atoms with E-state index in [0.29, 0.717) is 0 Å². The van der Waals surface area contributed by atoms with Crippen LogP contribution < -0.4 is 9.64 Å². The molecule has 0 aromatic heterocycles. The third kappa shape index (κ3) is 4.18. The van der Waals surface area contributed by atoms with Crippen molar-refractivity contribution in [2.75, 3.05) is 27.7 Å². The molecule has 7 heteroatoms. The lowest BCUT2D eigenvalue weighted by atomic mass is 10.2. The number of likely N-dealkylation sites (tertiary alicyclic amines) is 1. The van der Waals surface area contributed by atoms with E-state index in [1.165, 1.54) is 4.90 Å². The number of carbonyl (C=O) groups excluding carboxylic acids is 1. The molecule has 1 aliphatic rings. The maximum absolute atomic E-state index is 12.5. The largest absolute Gasteiger partial charge is 0.494 e. The summed E-state index contributed by atoms with van der Waals surface area (Å²) in [5.41, 5.74) is 0.928. The molecule has 23 heavy (non-hydrogen) atoms. The first-order chi connectivity index (χ1) is 10.9. The van der Waals surface area contributed by atoms with Gasteiger partial charge in [0.2, 0.25) is 0 Å². The summed E-state index contributed by atoms with van der Waals surface area (Å²) in [6, 6.07) is 2.00. The van der Waals surface area contributed by atoms with Gasteiger partial charge in [0.25, 0.3) is 5.91 Å². The van der Waals surface area contributed by atoms with Gasteiger partial charge in [-0.3, -0.25) is 4.79 Å². The average Bonchev–Trinajstić information content (AvgIpc) is 2.92. The fraction of sp³-hybridized carbons (Fsp3) is 0.438. The van der Waals surface area contributed by atoms with Crippen molar-refractivity contribution in [1.82, 2.24) is 4.90 Å². The summed E-state index contributed by atoms with van der Waals surface area (Å²) in [6.07, 6.45) is 5.79. The first-order valence-electron chi connectivity index (χ1n) is 7.35. The van der Waals surface area contributed by atoms with Gasteiger partial charge in [-0.05, 0) is 44.0 Å². The van der Waals surface area contributed by atoms with Crippen LogP contribution >= 0.6 is 47.8 Å². The number of nitrogens with one attached hydrogen (secondary N) is 1. The van der Waals surface area contributed by atoms with E-state index in [1.54, 1.807) is 12.0 Å². The van der Waals surface area contributed by atoms with Crippen LogP contribution in [0, 0.1) is 0 Å². The van der Waals surface area contributed by atoms with Crippen molar-refractivity contribution in [3.05, 3.63) is 31.2 Å². The number of ether oxygens (including phenoxy) is 1. The predicted octanol–water partition coefficient (Wildman–Crippen LogP) is 3.09. The van der Waals surface area contributed by atoms with Crippen molar-refractivity contribution in [3.63, 3.8) is 0 Å². The number of quaternary nitrogens is 1. The lowest BCUT2D eigenvalue weighted by Gasteiger charge is -2.20. The number of halogens is 3. The number of hydrogen-bond acceptors (Lipinski definition) is 2. The van der Waals surface area contributed by atoms with Gasteiger partial charge in [0.15, 0.2) is 6.04 Å². The summed E-state index contributed by atoms with van der Waals surface area (Å²) < 4.78 is 8.00. The summed E-state index contributed by atoms with van der Waals surface area (Å²) >= 11 is 10.6.